The van der Waals surface area contributed by atoms with Crippen LogP contribution in [-0.2, 0) is 27.9 Å². The lowest BCUT2D eigenvalue weighted by atomic mass is 9.85. The van der Waals surface area contributed by atoms with Crippen LogP contribution < -0.4 is 0 Å². The van der Waals surface area contributed by atoms with Gasteiger partial charge in [0.15, 0.2) is 0 Å². The number of carbonyl (C=O) groups is 1. The van der Waals surface area contributed by atoms with Crippen molar-refractivity contribution in [2.75, 3.05) is 19.8 Å². The van der Waals surface area contributed by atoms with E-state index in [4.69, 9.17) is 18.5 Å². The standard InChI is InChI=1S/C51H91O12P/c1-3-5-7-9-11-13-15-17-19-21-22-23-24-25-26-28-30-32-34-36-38-40-45(52)62-44(43-61-64(58,59)63-51-49(56)47(54)46(53)48(55)50(51)57)42-60-41-39-37-35-33-31-29-27-20-18-16-14-12-10-8-6-4-2/h6,8,12,14,18,20,29,31,35,37,44,46-51,53-57H,3-5,7,9-11,13,15-17,19,21-28,30,32-34,36,38-43H2,1-2H3,(H,58,59)/b8-6-,14-12-,20-18-,31-29-,37-35-. The second-order valence-corrected chi connectivity index (χ2v) is 18.7. The SMILES string of the molecule is CC/C=C\C/C=C\C/C=C\C/C=C\C/C=C\CCOCC(COP(=O)(O)OC1C(O)C(O)C(O)C(O)C1O)OC(=O)CCCCCCCCCCCCCCCCCCCCCCC. The topological polar surface area (TPSA) is 192 Å². The van der Waals surface area contributed by atoms with Gasteiger partial charge >= 0.3 is 13.8 Å². The van der Waals surface area contributed by atoms with E-state index in [1.165, 1.54) is 109 Å². The Hall–Kier alpha value is -1.96. The number of esters is 1. The summed E-state index contributed by atoms with van der Waals surface area (Å²) in [5, 5.41) is 50.2. The van der Waals surface area contributed by atoms with Gasteiger partial charge in [-0.3, -0.25) is 13.8 Å². The number of unbranched alkanes of at least 4 members (excludes halogenated alkanes) is 20. The first-order valence-corrected chi connectivity index (χ1v) is 26.6. The number of hydrogen-bond acceptors (Lipinski definition) is 11. The fraction of sp³-hybridized carbons (Fsp3) is 0.784. The lowest BCUT2D eigenvalue weighted by Gasteiger charge is -2.41. The van der Waals surface area contributed by atoms with Gasteiger partial charge in [0.25, 0.3) is 0 Å². The predicted octanol–water partition coefficient (Wildman–Crippen LogP) is 11.0. The van der Waals surface area contributed by atoms with Crippen LogP contribution in [0.25, 0.3) is 0 Å². The highest BCUT2D eigenvalue weighted by Crippen LogP contribution is 2.47. The molecule has 1 aliphatic carbocycles. The number of allylic oxidation sites excluding steroid dienone is 9. The number of phosphoric acid groups is 1. The van der Waals surface area contributed by atoms with Crippen molar-refractivity contribution < 1.29 is 58.3 Å². The maximum absolute atomic E-state index is 12.8. The number of hydrogen-bond donors (Lipinski definition) is 6. The molecule has 0 aromatic heterocycles. The van der Waals surface area contributed by atoms with Crippen molar-refractivity contribution in [2.24, 2.45) is 0 Å². The Morgan fingerprint density at radius 2 is 0.891 bits per heavy atom. The van der Waals surface area contributed by atoms with Crippen LogP contribution in [0.3, 0.4) is 0 Å². The van der Waals surface area contributed by atoms with E-state index in [9.17, 15) is 39.8 Å². The molecule has 0 spiro atoms. The summed E-state index contributed by atoms with van der Waals surface area (Å²) in [6, 6.07) is 0. The molecule has 0 aliphatic heterocycles. The van der Waals surface area contributed by atoms with E-state index >= 15 is 0 Å². The largest absolute Gasteiger partial charge is 0.472 e. The minimum absolute atomic E-state index is 0.131. The average molecular weight is 927 g/mol. The number of rotatable bonds is 42. The molecule has 6 N–H and O–H groups in total. The van der Waals surface area contributed by atoms with Crippen LogP contribution >= 0.6 is 7.82 Å². The molecular formula is C51H91O12P. The highest BCUT2D eigenvalue weighted by atomic mass is 31.2. The summed E-state index contributed by atoms with van der Waals surface area (Å²) in [6.07, 6.45) is 40.3. The fourth-order valence-corrected chi connectivity index (χ4v) is 8.45. The molecule has 1 aliphatic rings. The Bertz CT molecular complexity index is 1290. The van der Waals surface area contributed by atoms with Gasteiger partial charge in [-0.25, -0.2) is 4.57 Å². The average Bonchev–Trinajstić information content (AvgIpc) is 3.28. The first-order valence-electron chi connectivity index (χ1n) is 25.1. The molecule has 64 heavy (non-hydrogen) atoms. The first-order chi connectivity index (χ1) is 31.0. The molecule has 13 heteroatoms. The van der Waals surface area contributed by atoms with Gasteiger partial charge in [-0.1, -0.05) is 203 Å². The molecule has 0 bridgehead atoms. The van der Waals surface area contributed by atoms with E-state index < -0.39 is 63.1 Å². The molecule has 1 fully saturated rings. The minimum Gasteiger partial charge on any atom is -0.457 e. The summed E-state index contributed by atoms with van der Waals surface area (Å²) in [7, 11) is -5.04. The first kappa shape index (κ1) is 60.1. The quantitative estimate of drug-likeness (QED) is 0.0147. The lowest BCUT2D eigenvalue weighted by molar-refractivity contribution is -0.220. The molecule has 0 amide bonds. The molecule has 6 atom stereocenters. The third kappa shape index (κ3) is 32.7. The Labute approximate surface area is 387 Å². The maximum atomic E-state index is 12.8. The summed E-state index contributed by atoms with van der Waals surface area (Å²) in [4.78, 5) is 23.2. The maximum Gasteiger partial charge on any atom is 0.472 e. The Morgan fingerprint density at radius 1 is 0.516 bits per heavy atom. The van der Waals surface area contributed by atoms with Crippen LogP contribution in [0.1, 0.15) is 194 Å². The van der Waals surface area contributed by atoms with Crippen LogP contribution in [0.15, 0.2) is 60.8 Å². The molecule has 372 valence electrons. The highest BCUT2D eigenvalue weighted by molar-refractivity contribution is 7.47. The van der Waals surface area contributed by atoms with Crippen molar-refractivity contribution in [1.29, 1.82) is 0 Å². The van der Waals surface area contributed by atoms with Crippen molar-refractivity contribution in [2.45, 2.75) is 236 Å². The molecule has 6 unspecified atom stereocenters. The second kappa shape index (κ2) is 41.2. The number of phosphoric ester groups is 1. The van der Waals surface area contributed by atoms with Gasteiger partial charge in [0, 0.05) is 6.42 Å². The third-order valence-electron chi connectivity index (χ3n) is 11.4. The number of aliphatic hydroxyl groups is 5. The van der Waals surface area contributed by atoms with Gasteiger partial charge < -0.3 is 39.9 Å². The van der Waals surface area contributed by atoms with Crippen molar-refractivity contribution in [1.82, 2.24) is 0 Å². The van der Waals surface area contributed by atoms with Gasteiger partial charge in [-0.2, -0.15) is 0 Å². The van der Waals surface area contributed by atoms with Gasteiger partial charge in [0.2, 0.25) is 0 Å². The summed E-state index contributed by atoms with van der Waals surface area (Å²) in [5.41, 5.74) is 0. The van der Waals surface area contributed by atoms with Crippen molar-refractivity contribution >= 4 is 13.8 Å². The Morgan fingerprint density at radius 3 is 1.31 bits per heavy atom. The van der Waals surface area contributed by atoms with Crippen molar-refractivity contribution in [3.8, 4) is 0 Å². The molecule has 1 rings (SSSR count). The molecule has 1 saturated carbocycles. The molecule has 0 radical (unpaired) electrons. The summed E-state index contributed by atoms with van der Waals surface area (Å²) in [5.74, 6) is -0.500. The molecule has 0 aromatic rings. The minimum atomic E-state index is -5.04. The van der Waals surface area contributed by atoms with Gasteiger partial charge in [0.05, 0.1) is 19.8 Å². The smallest absolute Gasteiger partial charge is 0.457 e. The zero-order chi connectivity index (χ0) is 46.9. The van der Waals surface area contributed by atoms with Crippen LogP contribution in [0.4, 0.5) is 0 Å². The fourth-order valence-electron chi connectivity index (χ4n) is 7.48. The number of carbonyl (C=O) groups excluding carboxylic acids is 1. The zero-order valence-electron chi connectivity index (χ0n) is 39.8. The molecule has 0 aromatic carbocycles. The number of aliphatic hydroxyl groups excluding tert-OH is 5. The van der Waals surface area contributed by atoms with E-state index in [-0.39, 0.29) is 13.0 Å². The summed E-state index contributed by atoms with van der Waals surface area (Å²) >= 11 is 0. The Kier molecular flexibility index (Phi) is 38.7. The van der Waals surface area contributed by atoms with Gasteiger partial charge in [-0.15, -0.1) is 0 Å². The van der Waals surface area contributed by atoms with Gasteiger partial charge in [-0.05, 0) is 44.9 Å². The van der Waals surface area contributed by atoms with Gasteiger partial charge in [0.1, 0.15) is 42.7 Å². The van der Waals surface area contributed by atoms with Crippen LogP contribution in [0, 0.1) is 0 Å². The molecular weight excluding hydrogens is 836 g/mol. The summed E-state index contributed by atoms with van der Waals surface area (Å²) < 4.78 is 34.1. The van der Waals surface area contributed by atoms with Crippen molar-refractivity contribution in [3.05, 3.63) is 60.8 Å². The van der Waals surface area contributed by atoms with Crippen LogP contribution in [0.5, 0.6) is 0 Å². The second-order valence-electron chi connectivity index (χ2n) is 17.3. The molecule has 12 nitrogen and oxygen atoms in total. The van der Waals surface area contributed by atoms with E-state index in [2.05, 4.69) is 62.5 Å². The summed E-state index contributed by atoms with van der Waals surface area (Å²) in [6.45, 7) is 3.95. The molecule has 0 saturated heterocycles. The number of ether oxygens (including phenoxy) is 2. The van der Waals surface area contributed by atoms with Crippen LogP contribution in [-0.4, -0.2) is 98.9 Å². The zero-order valence-corrected chi connectivity index (χ0v) is 40.7. The van der Waals surface area contributed by atoms with Crippen molar-refractivity contribution in [3.63, 3.8) is 0 Å². The van der Waals surface area contributed by atoms with E-state index in [1.54, 1.807) is 0 Å². The van der Waals surface area contributed by atoms with E-state index in [0.717, 1.165) is 51.4 Å². The van der Waals surface area contributed by atoms with Crippen LogP contribution in [0.2, 0.25) is 0 Å². The highest BCUT2D eigenvalue weighted by Gasteiger charge is 2.51. The normalized spacial score (nSPS) is 22.2. The van der Waals surface area contributed by atoms with E-state index in [1.807, 2.05) is 12.2 Å². The predicted molar refractivity (Wildman–Crippen MR) is 258 cm³/mol. The monoisotopic (exact) mass is 927 g/mol. The lowest BCUT2D eigenvalue weighted by Crippen LogP contribution is -2.64. The third-order valence-corrected chi connectivity index (χ3v) is 12.4. The van der Waals surface area contributed by atoms with E-state index in [0.29, 0.717) is 19.4 Å². The molecule has 0 heterocycles. The Balaban J connectivity index is 2.38.